The van der Waals surface area contributed by atoms with Gasteiger partial charge in [-0.05, 0) is 26.3 Å². The number of carbonyl (C=O) groups excluding carboxylic acids is 2. The van der Waals surface area contributed by atoms with Gasteiger partial charge in [0, 0.05) is 6.54 Å². The van der Waals surface area contributed by atoms with Crippen molar-refractivity contribution in [3.05, 3.63) is 35.9 Å². The molecule has 0 fully saturated rings. The largest absolute Gasteiger partial charge is 0.391 e. The normalized spacial score (nSPS) is 14.4. The first-order valence-electron chi connectivity index (χ1n) is 7.92. The lowest BCUT2D eigenvalue weighted by atomic mass is 10.1. The van der Waals surface area contributed by atoms with E-state index in [2.05, 4.69) is 5.32 Å². The minimum atomic E-state index is -4.71. The van der Waals surface area contributed by atoms with Crippen molar-refractivity contribution in [2.24, 2.45) is 0 Å². The number of nitrogens with one attached hydrogen (secondary N) is 1. The molecule has 0 radical (unpaired) electrons. The Kier molecular flexibility index (Phi) is 7.58. The van der Waals surface area contributed by atoms with Crippen LogP contribution < -0.4 is 5.32 Å². The SMILES string of the molecule is CC(C)(C)ON(C=O)C(CC(F)(F)F)C(O)C(=O)NCc1ccccc1. The zero-order valence-electron chi connectivity index (χ0n) is 14.8. The average molecular weight is 376 g/mol. The van der Waals surface area contributed by atoms with Crippen molar-refractivity contribution in [1.82, 2.24) is 10.4 Å². The fourth-order valence-corrected chi connectivity index (χ4v) is 2.13. The number of hydrogen-bond acceptors (Lipinski definition) is 4. The van der Waals surface area contributed by atoms with E-state index in [1.165, 1.54) is 20.8 Å². The number of rotatable bonds is 8. The molecule has 9 heteroatoms. The molecule has 2 amide bonds. The van der Waals surface area contributed by atoms with Gasteiger partial charge in [-0.3, -0.25) is 14.4 Å². The summed E-state index contributed by atoms with van der Waals surface area (Å²) in [7, 11) is 0. The van der Waals surface area contributed by atoms with Crippen LogP contribution in [0, 0.1) is 0 Å². The van der Waals surface area contributed by atoms with Crippen molar-refractivity contribution in [1.29, 1.82) is 0 Å². The van der Waals surface area contributed by atoms with E-state index in [4.69, 9.17) is 4.84 Å². The highest BCUT2D eigenvalue weighted by molar-refractivity contribution is 5.81. The minimum absolute atomic E-state index is 0.0232. The number of alkyl halides is 3. The van der Waals surface area contributed by atoms with Crippen LogP contribution in [0.2, 0.25) is 0 Å². The Morgan fingerprint density at radius 1 is 1.27 bits per heavy atom. The molecule has 0 spiro atoms. The number of amides is 2. The van der Waals surface area contributed by atoms with E-state index >= 15 is 0 Å². The second-order valence-electron chi connectivity index (χ2n) is 6.70. The Labute approximate surface area is 149 Å². The van der Waals surface area contributed by atoms with Gasteiger partial charge in [-0.1, -0.05) is 30.3 Å². The van der Waals surface area contributed by atoms with Gasteiger partial charge in [-0.25, -0.2) is 5.06 Å². The molecule has 0 heterocycles. The lowest BCUT2D eigenvalue weighted by molar-refractivity contribution is -0.257. The van der Waals surface area contributed by atoms with Crippen LogP contribution >= 0.6 is 0 Å². The maximum absolute atomic E-state index is 12.9. The zero-order valence-corrected chi connectivity index (χ0v) is 14.8. The first kappa shape index (κ1) is 21.9. The van der Waals surface area contributed by atoms with Gasteiger partial charge in [0.05, 0.1) is 12.0 Å². The van der Waals surface area contributed by atoms with Crippen LogP contribution in [0.25, 0.3) is 0 Å². The molecule has 1 rings (SSSR count). The Hall–Kier alpha value is -2.13. The number of hydrogen-bond donors (Lipinski definition) is 2. The number of carbonyl (C=O) groups is 2. The zero-order chi connectivity index (χ0) is 20.0. The standard InChI is InChI=1S/C17H23F3N2O4/c1-16(2,3)26-22(11-23)13(9-17(18,19)20)14(24)15(25)21-10-12-7-5-4-6-8-12/h4-8,11,13-14,24H,9-10H2,1-3H3,(H,21,25). The molecule has 0 aliphatic heterocycles. The van der Waals surface area contributed by atoms with Gasteiger partial charge in [0.15, 0.2) is 6.10 Å². The summed E-state index contributed by atoms with van der Waals surface area (Å²) >= 11 is 0. The lowest BCUT2D eigenvalue weighted by Gasteiger charge is -2.35. The van der Waals surface area contributed by atoms with Crippen molar-refractivity contribution in [2.45, 2.75) is 57.7 Å². The predicted octanol–water partition coefficient (Wildman–Crippen LogP) is 2.17. The Morgan fingerprint density at radius 3 is 2.31 bits per heavy atom. The topological polar surface area (TPSA) is 78.9 Å². The molecule has 0 bridgehead atoms. The molecule has 146 valence electrons. The van der Waals surface area contributed by atoms with E-state index in [9.17, 15) is 27.9 Å². The summed E-state index contributed by atoms with van der Waals surface area (Å²) in [5, 5.41) is 12.8. The first-order chi connectivity index (χ1) is 11.9. The fraction of sp³-hybridized carbons (Fsp3) is 0.529. The Morgan fingerprint density at radius 2 is 1.85 bits per heavy atom. The van der Waals surface area contributed by atoms with Gasteiger partial charge < -0.3 is 10.4 Å². The van der Waals surface area contributed by atoms with Crippen LogP contribution in [0.15, 0.2) is 30.3 Å². The summed E-state index contributed by atoms with van der Waals surface area (Å²) in [6, 6.07) is 6.74. The summed E-state index contributed by atoms with van der Waals surface area (Å²) < 4.78 is 38.6. The first-order valence-corrected chi connectivity index (χ1v) is 7.92. The van der Waals surface area contributed by atoms with Gasteiger partial charge in [0.25, 0.3) is 5.91 Å². The molecule has 26 heavy (non-hydrogen) atoms. The highest BCUT2D eigenvalue weighted by atomic mass is 19.4. The molecular formula is C17H23F3N2O4. The van der Waals surface area contributed by atoms with Crippen LogP contribution in [0.5, 0.6) is 0 Å². The quantitative estimate of drug-likeness (QED) is 0.538. The molecule has 2 unspecified atom stereocenters. The van der Waals surface area contributed by atoms with Crippen molar-refractivity contribution >= 4 is 12.3 Å². The van der Waals surface area contributed by atoms with E-state index in [-0.39, 0.29) is 13.0 Å². The lowest BCUT2D eigenvalue weighted by Crippen LogP contribution is -2.53. The van der Waals surface area contributed by atoms with Crippen molar-refractivity contribution in [3.63, 3.8) is 0 Å². The monoisotopic (exact) mass is 376 g/mol. The number of aliphatic hydroxyl groups excluding tert-OH is 1. The summed E-state index contributed by atoms with van der Waals surface area (Å²) in [5.74, 6) is -1.03. The van der Waals surface area contributed by atoms with Gasteiger partial charge in [0.1, 0.15) is 6.04 Å². The number of hydroxylamine groups is 2. The number of halogens is 3. The second-order valence-corrected chi connectivity index (χ2v) is 6.70. The molecule has 0 aliphatic carbocycles. The van der Waals surface area contributed by atoms with Gasteiger partial charge in [-0.15, -0.1) is 0 Å². The molecule has 0 aromatic heterocycles. The summed E-state index contributed by atoms with van der Waals surface area (Å²) in [5.41, 5.74) is -0.288. The summed E-state index contributed by atoms with van der Waals surface area (Å²) in [4.78, 5) is 28.5. The molecule has 2 atom stereocenters. The number of benzene rings is 1. The number of aliphatic hydroxyl groups is 1. The van der Waals surface area contributed by atoms with Crippen LogP contribution in [-0.2, 0) is 21.0 Å². The Balaban J connectivity index is 2.89. The van der Waals surface area contributed by atoms with E-state index in [0.717, 1.165) is 0 Å². The third-order valence-electron chi connectivity index (χ3n) is 3.19. The fourth-order valence-electron chi connectivity index (χ4n) is 2.13. The minimum Gasteiger partial charge on any atom is -0.381 e. The number of nitrogens with zero attached hydrogens (tertiary/aromatic N) is 1. The van der Waals surface area contributed by atoms with E-state index in [0.29, 0.717) is 10.6 Å². The van der Waals surface area contributed by atoms with E-state index < -0.39 is 36.3 Å². The maximum Gasteiger partial charge on any atom is 0.391 e. The van der Waals surface area contributed by atoms with Crippen molar-refractivity contribution in [2.75, 3.05) is 0 Å². The average Bonchev–Trinajstić information content (AvgIpc) is 2.54. The van der Waals surface area contributed by atoms with Crippen LogP contribution in [-0.4, -0.2) is 46.4 Å². The summed E-state index contributed by atoms with van der Waals surface area (Å²) in [6.45, 7) is 4.60. The highest BCUT2D eigenvalue weighted by Gasteiger charge is 2.42. The van der Waals surface area contributed by atoms with Crippen LogP contribution in [0.1, 0.15) is 32.8 Å². The predicted molar refractivity (Wildman–Crippen MR) is 87.5 cm³/mol. The molecule has 0 saturated heterocycles. The molecule has 0 aliphatic rings. The highest BCUT2D eigenvalue weighted by Crippen LogP contribution is 2.27. The third kappa shape index (κ3) is 7.83. The maximum atomic E-state index is 12.9. The van der Waals surface area contributed by atoms with Gasteiger partial charge in [0.2, 0.25) is 6.41 Å². The molecule has 2 N–H and O–H groups in total. The van der Waals surface area contributed by atoms with Crippen LogP contribution in [0.4, 0.5) is 13.2 Å². The Bertz CT molecular complexity index is 588. The summed E-state index contributed by atoms with van der Waals surface area (Å²) in [6.07, 6.45) is -8.40. The van der Waals surface area contributed by atoms with Crippen molar-refractivity contribution in [3.8, 4) is 0 Å². The van der Waals surface area contributed by atoms with Crippen molar-refractivity contribution < 1.29 is 32.7 Å². The molecule has 1 aromatic rings. The van der Waals surface area contributed by atoms with Gasteiger partial charge in [-0.2, -0.15) is 13.2 Å². The van der Waals surface area contributed by atoms with E-state index in [1.54, 1.807) is 30.3 Å². The second kappa shape index (κ2) is 9.00. The third-order valence-corrected chi connectivity index (χ3v) is 3.19. The van der Waals surface area contributed by atoms with E-state index in [1.807, 2.05) is 0 Å². The molecule has 0 saturated carbocycles. The van der Waals surface area contributed by atoms with Crippen LogP contribution in [0.3, 0.4) is 0 Å². The smallest absolute Gasteiger partial charge is 0.381 e. The van der Waals surface area contributed by atoms with Gasteiger partial charge >= 0.3 is 6.18 Å². The molecular weight excluding hydrogens is 353 g/mol. The molecule has 6 nitrogen and oxygen atoms in total. The molecule has 1 aromatic carbocycles.